The molecular weight excluding hydrogens is 252 g/mol. The smallest absolute Gasteiger partial charge is 0.0969 e. The normalized spacial score (nSPS) is 19.6. The first-order valence-corrected chi connectivity index (χ1v) is 7.18. The number of rotatable bonds is 5. The minimum atomic E-state index is -0.524. The van der Waals surface area contributed by atoms with E-state index in [1.54, 1.807) is 10.9 Å². The van der Waals surface area contributed by atoms with E-state index >= 15 is 0 Å². The maximum atomic E-state index is 10.0. The van der Waals surface area contributed by atoms with Gasteiger partial charge in [-0.1, -0.05) is 24.3 Å². The molecule has 4 nitrogen and oxygen atoms in total. The van der Waals surface area contributed by atoms with Crippen molar-refractivity contribution in [2.75, 3.05) is 6.61 Å². The lowest BCUT2D eigenvalue weighted by atomic mass is 9.89. The summed E-state index contributed by atoms with van der Waals surface area (Å²) in [5.74, 6) is 0. The topological polar surface area (TPSA) is 47.3 Å². The van der Waals surface area contributed by atoms with Crippen LogP contribution in [0.3, 0.4) is 0 Å². The molecule has 0 amide bonds. The average Bonchev–Trinajstić information content (AvgIpc) is 2.98. The van der Waals surface area contributed by atoms with Gasteiger partial charge >= 0.3 is 0 Å². The van der Waals surface area contributed by atoms with Gasteiger partial charge in [0.2, 0.25) is 0 Å². The van der Waals surface area contributed by atoms with Crippen LogP contribution in [0.25, 0.3) is 0 Å². The van der Waals surface area contributed by atoms with Crippen LogP contribution in [-0.4, -0.2) is 27.6 Å². The molecule has 0 radical (unpaired) electrons. The third-order valence-electron chi connectivity index (χ3n) is 3.76. The highest BCUT2D eigenvalue weighted by molar-refractivity contribution is 5.31. The molecule has 0 saturated carbocycles. The Morgan fingerprint density at radius 2 is 2.25 bits per heavy atom. The predicted octanol–water partition coefficient (Wildman–Crippen LogP) is 2.34. The van der Waals surface area contributed by atoms with E-state index in [2.05, 4.69) is 29.4 Å². The number of fused-ring (bicyclic) bond motifs is 1. The molecule has 3 rings (SSSR count). The van der Waals surface area contributed by atoms with E-state index in [4.69, 9.17) is 4.74 Å². The van der Waals surface area contributed by atoms with Crippen molar-refractivity contribution in [3.8, 4) is 0 Å². The van der Waals surface area contributed by atoms with Crippen LogP contribution in [0.15, 0.2) is 42.7 Å². The monoisotopic (exact) mass is 272 g/mol. The molecule has 0 unspecified atom stereocenters. The van der Waals surface area contributed by atoms with Gasteiger partial charge in [0, 0.05) is 12.4 Å². The number of benzene rings is 1. The number of aromatic nitrogens is 2. The van der Waals surface area contributed by atoms with Gasteiger partial charge in [0.05, 0.1) is 25.4 Å². The van der Waals surface area contributed by atoms with Crippen molar-refractivity contribution >= 4 is 0 Å². The average molecular weight is 272 g/mol. The first-order chi connectivity index (χ1) is 9.83. The highest BCUT2D eigenvalue weighted by atomic mass is 16.5. The van der Waals surface area contributed by atoms with Crippen molar-refractivity contribution in [2.45, 2.75) is 38.0 Å². The molecule has 1 heterocycles. The van der Waals surface area contributed by atoms with Crippen LogP contribution in [0, 0.1) is 0 Å². The van der Waals surface area contributed by atoms with Gasteiger partial charge in [0.25, 0.3) is 0 Å². The van der Waals surface area contributed by atoms with Crippen LogP contribution >= 0.6 is 0 Å². The highest BCUT2D eigenvalue weighted by Crippen LogP contribution is 2.32. The molecular formula is C16H20N2O2. The molecule has 0 saturated heterocycles. The zero-order chi connectivity index (χ0) is 13.8. The standard InChI is InChI=1S/C16H20N2O2/c19-14(11-18-10-4-9-17-18)12-20-16-8-3-6-13-5-1-2-7-15(13)16/h1-2,4-5,7,9-10,14,16,19H,3,6,8,11-12H2/t14-,16-/m1/s1. The van der Waals surface area contributed by atoms with Crippen molar-refractivity contribution in [3.05, 3.63) is 53.9 Å². The lowest BCUT2D eigenvalue weighted by molar-refractivity contribution is -0.0235. The fraction of sp³-hybridized carbons (Fsp3) is 0.438. The zero-order valence-corrected chi connectivity index (χ0v) is 11.5. The third kappa shape index (κ3) is 3.08. The Labute approximate surface area is 119 Å². The summed E-state index contributed by atoms with van der Waals surface area (Å²) in [6.07, 6.45) is 6.47. The van der Waals surface area contributed by atoms with Crippen LogP contribution < -0.4 is 0 Å². The van der Waals surface area contributed by atoms with Gasteiger partial charge < -0.3 is 9.84 Å². The highest BCUT2D eigenvalue weighted by Gasteiger charge is 2.21. The molecule has 0 fully saturated rings. The largest absolute Gasteiger partial charge is 0.389 e. The van der Waals surface area contributed by atoms with E-state index in [0.717, 1.165) is 19.3 Å². The van der Waals surface area contributed by atoms with Crippen LogP contribution in [0.1, 0.15) is 30.1 Å². The second-order valence-corrected chi connectivity index (χ2v) is 5.29. The van der Waals surface area contributed by atoms with Crippen molar-refractivity contribution in [1.29, 1.82) is 0 Å². The quantitative estimate of drug-likeness (QED) is 0.908. The number of aliphatic hydroxyl groups is 1. The Morgan fingerprint density at radius 1 is 1.35 bits per heavy atom. The van der Waals surface area contributed by atoms with E-state index < -0.39 is 6.10 Å². The minimum absolute atomic E-state index is 0.118. The molecule has 1 aromatic heterocycles. The van der Waals surface area contributed by atoms with Gasteiger partial charge in [-0.3, -0.25) is 4.68 Å². The lowest BCUT2D eigenvalue weighted by Crippen LogP contribution is -2.24. The summed E-state index contributed by atoms with van der Waals surface area (Å²) in [4.78, 5) is 0. The van der Waals surface area contributed by atoms with E-state index in [1.807, 2.05) is 12.3 Å². The Kier molecular flexibility index (Phi) is 4.14. The lowest BCUT2D eigenvalue weighted by Gasteiger charge is -2.26. The minimum Gasteiger partial charge on any atom is -0.389 e. The fourth-order valence-corrected chi connectivity index (χ4v) is 2.79. The number of ether oxygens (including phenoxy) is 1. The summed E-state index contributed by atoms with van der Waals surface area (Å²) < 4.78 is 7.65. The molecule has 0 spiro atoms. The SMILES string of the molecule is O[C@@H](CO[C@@H]1CCCc2ccccc21)Cn1cccn1. The second-order valence-electron chi connectivity index (χ2n) is 5.29. The Balaban J connectivity index is 1.56. The van der Waals surface area contributed by atoms with Gasteiger partial charge in [0.1, 0.15) is 0 Å². The number of hydrogen-bond acceptors (Lipinski definition) is 3. The summed E-state index contributed by atoms with van der Waals surface area (Å²) in [5, 5.41) is 14.1. The number of nitrogens with zero attached hydrogens (tertiary/aromatic N) is 2. The van der Waals surface area contributed by atoms with Crippen LogP contribution in [0.5, 0.6) is 0 Å². The van der Waals surface area contributed by atoms with Crippen molar-refractivity contribution in [2.24, 2.45) is 0 Å². The van der Waals surface area contributed by atoms with Gasteiger partial charge in [-0.05, 0) is 36.5 Å². The summed E-state index contributed by atoms with van der Waals surface area (Å²) in [5.41, 5.74) is 2.66. The van der Waals surface area contributed by atoms with Crippen molar-refractivity contribution in [3.63, 3.8) is 0 Å². The Bertz CT molecular complexity index is 539. The van der Waals surface area contributed by atoms with Gasteiger partial charge in [-0.2, -0.15) is 5.10 Å². The van der Waals surface area contributed by atoms with Crippen LogP contribution in [0.2, 0.25) is 0 Å². The Morgan fingerprint density at radius 3 is 3.10 bits per heavy atom. The predicted molar refractivity (Wildman–Crippen MR) is 76.3 cm³/mol. The first-order valence-electron chi connectivity index (χ1n) is 7.18. The third-order valence-corrected chi connectivity index (χ3v) is 3.76. The molecule has 20 heavy (non-hydrogen) atoms. The summed E-state index contributed by atoms with van der Waals surface area (Å²) >= 11 is 0. The van der Waals surface area contributed by atoms with E-state index in [-0.39, 0.29) is 6.10 Å². The molecule has 1 N–H and O–H groups in total. The molecule has 1 aliphatic rings. The van der Waals surface area contributed by atoms with E-state index in [9.17, 15) is 5.11 Å². The van der Waals surface area contributed by atoms with E-state index in [1.165, 1.54) is 11.1 Å². The maximum Gasteiger partial charge on any atom is 0.0969 e. The molecule has 2 aromatic rings. The molecule has 0 bridgehead atoms. The molecule has 1 aromatic carbocycles. The number of aliphatic hydroxyl groups excluding tert-OH is 1. The fourth-order valence-electron chi connectivity index (χ4n) is 2.79. The van der Waals surface area contributed by atoms with Gasteiger partial charge in [0.15, 0.2) is 0 Å². The number of hydrogen-bond donors (Lipinski definition) is 1. The maximum absolute atomic E-state index is 10.0. The molecule has 1 aliphatic carbocycles. The molecule has 0 aliphatic heterocycles. The van der Waals surface area contributed by atoms with Crippen molar-refractivity contribution < 1.29 is 9.84 Å². The van der Waals surface area contributed by atoms with Gasteiger partial charge in [-0.25, -0.2) is 0 Å². The molecule has 106 valence electrons. The van der Waals surface area contributed by atoms with E-state index in [0.29, 0.717) is 13.2 Å². The molecule has 4 heteroatoms. The summed E-state index contributed by atoms with van der Waals surface area (Å²) in [7, 11) is 0. The van der Waals surface area contributed by atoms with Crippen LogP contribution in [0.4, 0.5) is 0 Å². The molecule has 2 atom stereocenters. The first kappa shape index (κ1) is 13.3. The second kappa shape index (κ2) is 6.20. The summed E-state index contributed by atoms with van der Waals surface area (Å²) in [6, 6.07) is 10.3. The van der Waals surface area contributed by atoms with Crippen LogP contribution in [-0.2, 0) is 17.7 Å². The van der Waals surface area contributed by atoms with Gasteiger partial charge in [-0.15, -0.1) is 0 Å². The zero-order valence-electron chi connectivity index (χ0n) is 11.5. The summed E-state index contributed by atoms with van der Waals surface area (Å²) in [6.45, 7) is 0.820. The van der Waals surface area contributed by atoms with Crippen molar-refractivity contribution in [1.82, 2.24) is 9.78 Å². The number of aryl methyl sites for hydroxylation is 1. The Hall–Kier alpha value is -1.65.